The minimum Gasteiger partial charge on any atom is -0.465 e. The molecule has 0 aromatic heterocycles. The highest BCUT2D eigenvalue weighted by Crippen LogP contribution is 2.37. The van der Waals surface area contributed by atoms with Crippen molar-refractivity contribution >= 4 is 5.97 Å². The van der Waals surface area contributed by atoms with Gasteiger partial charge in [0.2, 0.25) is 6.10 Å². The molecule has 0 radical (unpaired) electrons. The monoisotopic (exact) mass is 306 g/mol. The van der Waals surface area contributed by atoms with E-state index in [1.165, 1.54) is 13.8 Å². The molecule has 0 saturated heterocycles. The second-order valence-electron chi connectivity index (χ2n) is 5.36. The molecule has 0 rings (SSSR count). The zero-order chi connectivity index (χ0) is 16.4. The highest BCUT2D eigenvalue weighted by Gasteiger charge is 2.57. The van der Waals surface area contributed by atoms with Crippen molar-refractivity contribution in [3.8, 4) is 0 Å². The molecule has 20 heavy (non-hydrogen) atoms. The predicted octanol–water partition coefficient (Wildman–Crippen LogP) is 3.16. The van der Waals surface area contributed by atoms with E-state index in [1.54, 1.807) is 6.92 Å². The lowest BCUT2D eigenvalue weighted by Crippen LogP contribution is -2.50. The number of aliphatic hydroxyl groups is 1. The van der Waals surface area contributed by atoms with Gasteiger partial charge in [0, 0.05) is 0 Å². The van der Waals surface area contributed by atoms with Crippen molar-refractivity contribution in [3.05, 3.63) is 0 Å². The average molecular weight is 306 g/mol. The van der Waals surface area contributed by atoms with Crippen LogP contribution in [0.1, 0.15) is 34.1 Å². The maximum absolute atomic E-state index is 13.4. The fourth-order valence-electron chi connectivity index (χ4n) is 1.14. The van der Waals surface area contributed by atoms with Crippen molar-refractivity contribution in [1.82, 2.24) is 0 Å². The Morgan fingerprint density at radius 2 is 1.65 bits per heavy atom. The second-order valence-corrected chi connectivity index (χ2v) is 5.36. The number of rotatable bonds is 6. The largest absolute Gasteiger partial charge is 0.465 e. The number of hydrogen-bond acceptors (Lipinski definition) is 3. The Morgan fingerprint density at radius 3 is 2.00 bits per heavy atom. The molecular formula is C12H19F5O3. The van der Waals surface area contributed by atoms with E-state index in [1.807, 2.05) is 0 Å². The van der Waals surface area contributed by atoms with Crippen LogP contribution in [-0.4, -0.2) is 35.9 Å². The Hall–Kier alpha value is -0.920. The minimum absolute atomic E-state index is 0.391. The Balaban J connectivity index is 4.70. The van der Waals surface area contributed by atoms with E-state index >= 15 is 0 Å². The van der Waals surface area contributed by atoms with Gasteiger partial charge in [-0.2, -0.15) is 13.2 Å². The lowest BCUT2D eigenvalue weighted by molar-refractivity contribution is -0.283. The summed E-state index contributed by atoms with van der Waals surface area (Å²) in [6.45, 7) is 4.63. The third-order valence-electron chi connectivity index (χ3n) is 3.23. The van der Waals surface area contributed by atoms with Crippen molar-refractivity contribution in [2.75, 3.05) is 6.61 Å². The highest BCUT2D eigenvalue weighted by atomic mass is 19.4. The summed E-state index contributed by atoms with van der Waals surface area (Å²) in [6, 6.07) is 0. The van der Waals surface area contributed by atoms with Crippen LogP contribution >= 0.6 is 0 Å². The SMILES string of the molecule is CCC(C)(C)C(=O)OCC(C)C(F)(F)C(O)C(F)(F)F. The van der Waals surface area contributed by atoms with Gasteiger partial charge in [-0.15, -0.1) is 0 Å². The molecule has 0 aromatic carbocycles. The molecule has 0 aliphatic heterocycles. The van der Waals surface area contributed by atoms with Gasteiger partial charge in [0.05, 0.1) is 17.9 Å². The summed E-state index contributed by atoms with van der Waals surface area (Å²) < 4.78 is 67.7. The van der Waals surface area contributed by atoms with Gasteiger partial charge in [-0.3, -0.25) is 4.79 Å². The summed E-state index contributed by atoms with van der Waals surface area (Å²) in [5.41, 5.74) is -0.905. The van der Waals surface area contributed by atoms with Crippen molar-refractivity contribution in [1.29, 1.82) is 0 Å². The van der Waals surface area contributed by atoms with E-state index in [0.29, 0.717) is 6.42 Å². The molecule has 0 fully saturated rings. The first-order valence-electron chi connectivity index (χ1n) is 6.06. The number of aliphatic hydroxyl groups excluding tert-OH is 1. The van der Waals surface area contributed by atoms with Crippen LogP contribution in [0.4, 0.5) is 22.0 Å². The van der Waals surface area contributed by atoms with Crippen LogP contribution in [0, 0.1) is 11.3 Å². The van der Waals surface area contributed by atoms with Crippen LogP contribution in [0.15, 0.2) is 0 Å². The summed E-state index contributed by atoms with van der Waals surface area (Å²) in [5, 5.41) is 8.64. The molecule has 0 spiro atoms. The minimum atomic E-state index is -5.44. The van der Waals surface area contributed by atoms with Crippen LogP contribution in [-0.2, 0) is 9.53 Å². The third kappa shape index (κ3) is 4.57. The first-order chi connectivity index (χ1) is 8.76. The van der Waals surface area contributed by atoms with Crippen molar-refractivity contribution in [2.45, 2.75) is 52.3 Å². The third-order valence-corrected chi connectivity index (χ3v) is 3.23. The molecule has 1 N–H and O–H groups in total. The van der Waals surface area contributed by atoms with Crippen molar-refractivity contribution in [3.63, 3.8) is 0 Å². The Kier molecular flexibility index (Phi) is 5.95. The summed E-state index contributed by atoms with van der Waals surface area (Å²) in [4.78, 5) is 11.5. The van der Waals surface area contributed by atoms with Gasteiger partial charge in [0.15, 0.2) is 0 Å². The summed E-state index contributed by atoms with van der Waals surface area (Å²) in [6.07, 6.45) is -8.84. The topological polar surface area (TPSA) is 46.5 Å². The fraction of sp³-hybridized carbons (Fsp3) is 0.917. The lowest BCUT2D eigenvalue weighted by Gasteiger charge is -2.30. The van der Waals surface area contributed by atoms with Crippen LogP contribution in [0.5, 0.6) is 0 Å². The first kappa shape index (κ1) is 19.1. The Labute approximate surface area is 114 Å². The maximum atomic E-state index is 13.4. The number of ether oxygens (including phenoxy) is 1. The van der Waals surface area contributed by atoms with Gasteiger partial charge in [-0.05, 0) is 20.3 Å². The Bertz CT molecular complexity index is 338. The molecule has 0 aliphatic rings. The lowest BCUT2D eigenvalue weighted by atomic mass is 9.90. The van der Waals surface area contributed by atoms with Crippen LogP contribution < -0.4 is 0 Å². The van der Waals surface area contributed by atoms with E-state index in [9.17, 15) is 26.7 Å². The van der Waals surface area contributed by atoms with Crippen molar-refractivity contribution < 1.29 is 36.6 Å². The smallest absolute Gasteiger partial charge is 0.420 e. The maximum Gasteiger partial charge on any atom is 0.420 e. The normalized spacial score (nSPS) is 16.7. The summed E-state index contributed by atoms with van der Waals surface area (Å²) in [7, 11) is 0. The van der Waals surface area contributed by atoms with Gasteiger partial charge in [0.25, 0.3) is 5.92 Å². The quantitative estimate of drug-likeness (QED) is 0.605. The molecule has 0 aromatic rings. The number of halogens is 5. The molecular weight excluding hydrogens is 287 g/mol. The molecule has 0 saturated carbocycles. The summed E-state index contributed by atoms with van der Waals surface area (Å²) in [5.74, 6) is -7.17. The van der Waals surface area contributed by atoms with E-state index in [0.717, 1.165) is 6.92 Å². The molecule has 120 valence electrons. The zero-order valence-electron chi connectivity index (χ0n) is 11.7. The van der Waals surface area contributed by atoms with Crippen molar-refractivity contribution in [2.24, 2.45) is 11.3 Å². The molecule has 0 aliphatic carbocycles. The highest BCUT2D eigenvalue weighted by molar-refractivity contribution is 5.75. The van der Waals surface area contributed by atoms with Gasteiger partial charge < -0.3 is 9.84 Å². The van der Waals surface area contributed by atoms with E-state index in [4.69, 9.17) is 5.11 Å². The van der Waals surface area contributed by atoms with Crippen LogP contribution in [0.3, 0.4) is 0 Å². The number of carbonyl (C=O) groups excluding carboxylic acids is 1. The zero-order valence-corrected chi connectivity index (χ0v) is 11.7. The molecule has 3 nitrogen and oxygen atoms in total. The molecule has 0 heterocycles. The van der Waals surface area contributed by atoms with Gasteiger partial charge in [-0.1, -0.05) is 13.8 Å². The van der Waals surface area contributed by atoms with Gasteiger partial charge in [0.1, 0.15) is 0 Å². The number of hydrogen-bond donors (Lipinski definition) is 1. The first-order valence-corrected chi connectivity index (χ1v) is 6.06. The van der Waals surface area contributed by atoms with Gasteiger partial charge in [-0.25, -0.2) is 8.78 Å². The molecule has 0 bridgehead atoms. The van der Waals surface area contributed by atoms with Crippen LogP contribution in [0.25, 0.3) is 0 Å². The number of alkyl halides is 5. The molecule has 0 amide bonds. The van der Waals surface area contributed by atoms with Crippen LogP contribution in [0.2, 0.25) is 0 Å². The van der Waals surface area contributed by atoms with E-state index in [2.05, 4.69) is 4.74 Å². The van der Waals surface area contributed by atoms with E-state index < -0.39 is 42.1 Å². The molecule has 2 atom stereocenters. The predicted molar refractivity (Wildman–Crippen MR) is 61.2 cm³/mol. The number of esters is 1. The van der Waals surface area contributed by atoms with E-state index in [-0.39, 0.29) is 0 Å². The Morgan fingerprint density at radius 1 is 1.20 bits per heavy atom. The molecule has 2 unspecified atom stereocenters. The summed E-state index contributed by atoms with van der Waals surface area (Å²) >= 11 is 0. The second kappa shape index (κ2) is 6.24. The standard InChI is InChI=1S/C12H19F5O3/c1-5-10(3,4)9(19)20-6-7(2)11(13,14)8(18)12(15,16)17/h7-8,18H,5-6H2,1-4H3. The fourth-order valence-corrected chi connectivity index (χ4v) is 1.14. The average Bonchev–Trinajstić information content (AvgIpc) is 2.32. The molecule has 8 heteroatoms. The van der Waals surface area contributed by atoms with Gasteiger partial charge >= 0.3 is 12.1 Å². The number of carbonyl (C=O) groups is 1.